The zero-order chi connectivity index (χ0) is 16.4. The number of carbonyl (C=O) groups is 2. The first-order valence-electron chi connectivity index (χ1n) is 8.36. The standard InChI is InChI=1S/C18H24N2O3/c1-3-16(21)20(2)13-8-10-18(11-9-13)12-19-17(22)14-6-4-5-7-15(14)23-18/h4-7,13H,3,8-12H2,1-2H3,(H,19,22). The molecule has 1 aliphatic heterocycles. The Kier molecular flexibility index (Phi) is 4.28. The lowest BCUT2D eigenvalue weighted by atomic mass is 9.81. The fourth-order valence-corrected chi connectivity index (χ4v) is 3.60. The highest BCUT2D eigenvalue weighted by atomic mass is 16.5. The quantitative estimate of drug-likeness (QED) is 0.911. The number of ether oxygens (including phenoxy) is 1. The van der Waals surface area contributed by atoms with Gasteiger partial charge >= 0.3 is 0 Å². The van der Waals surface area contributed by atoms with Gasteiger partial charge in [0.1, 0.15) is 11.4 Å². The summed E-state index contributed by atoms with van der Waals surface area (Å²) in [4.78, 5) is 25.9. The van der Waals surface area contributed by atoms with E-state index in [0.29, 0.717) is 24.3 Å². The summed E-state index contributed by atoms with van der Waals surface area (Å²) >= 11 is 0. The zero-order valence-electron chi connectivity index (χ0n) is 13.8. The van der Waals surface area contributed by atoms with Crippen LogP contribution >= 0.6 is 0 Å². The summed E-state index contributed by atoms with van der Waals surface area (Å²) in [6.45, 7) is 2.42. The molecule has 0 saturated heterocycles. The van der Waals surface area contributed by atoms with Crippen LogP contribution in [0, 0.1) is 0 Å². The lowest BCUT2D eigenvalue weighted by molar-refractivity contribution is -0.133. The molecule has 1 aliphatic carbocycles. The monoisotopic (exact) mass is 316 g/mol. The Balaban J connectivity index is 1.73. The van der Waals surface area contributed by atoms with Crippen molar-refractivity contribution in [2.45, 2.75) is 50.7 Å². The smallest absolute Gasteiger partial charge is 0.255 e. The van der Waals surface area contributed by atoms with Gasteiger partial charge in [-0.15, -0.1) is 0 Å². The number of benzene rings is 1. The molecule has 124 valence electrons. The van der Waals surface area contributed by atoms with Crippen LogP contribution < -0.4 is 10.1 Å². The van der Waals surface area contributed by atoms with Crippen molar-refractivity contribution >= 4 is 11.8 Å². The number of nitrogens with one attached hydrogen (secondary N) is 1. The average molecular weight is 316 g/mol. The first-order chi connectivity index (χ1) is 11.0. The van der Waals surface area contributed by atoms with E-state index in [4.69, 9.17) is 4.74 Å². The van der Waals surface area contributed by atoms with Crippen LogP contribution in [-0.4, -0.2) is 41.9 Å². The van der Waals surface area contributed by atoms with Gasteiger partial charge in [-0.1, -0.05) is 19.1 Å². The van der Waals surface area contributed by atoms with Gasteiger partial charge in [0.05, 0.1) is 12.1 Å². The number of carbonyl (C=O) groups excluding carboxylic acids is 2. The van der Waals surface area contributed by atoms with Crippen molar-refractivity contribution in [1.29, 1.82) is 0 Å². The van der Waals surface area contributed by atoms with Gasteiger partial charge in [0.25, 0.3) is 5.91 Å². The minimum atomic E-state index is -0.352. The molecule has 0 radical (unpaired) electrons. The van der Waals surface area contributed by atoms with E-state index in [-0.39, 0.29) is 23.5 Å². The molecule has 1 aromatic carbocycles. The number of hydrogen-bond acceptors (Lipinski definition) is 3. The predicted octanol–water partition coefficient (Wildman–Crippen LogP) is 2.36. The topological polar surface area (TPSA) is 58.6 Å². The van der Waals surface area contributed by atoms with Crippen molar-refractivity contribution in [2.75, 3.05) is 13.6 Å². The Morgan fingerprint density at radius 3 is 2.74 bits per heavy atom. The normalized spacial score (nSPS) is 26.7. The highest BCUT2D eigenvalue weighted by Gasteiger charge is 2.41. The van der Waals surface area contributed by atoms with Gasteiger partial charge in [0.2, 0.25) is 5.91 Å². The highest BCUT2D eigenvalue weighted by Crippen LogP contribution is 2.37. The number of rotatable bonds is 2. The largest absolute Gasteiger partial charge is 0.485 e. The maximum atomic E-state index is 12.2. The zero-order valence-corrected chi connectivity index (χ0v) is 13.8. The van der Waals surface area contributed by atoms with E-state index >= 15 is 0 Å². The molecular weight excluding hydrogens is 292 g/mol. The molecule has 5 nitrogen and oxygen atoms in total. The fraction of sp³-hybridized carbons (Fsp3) is 0.556. The molecule has 1 aromatic rings. The third-order valence-corrected chi connectivity index (χ3v) is 5.14. The molecular formula is C18H24N2O3. The highest BCUT2D eigenvalue weighted by molar-refractivity contribution is 5.97. The van der Waals surface area contributed by atoms with Crippen LogP contribution in [0.5, 0.6) is 5.75 Å². The van der Waals surface area contributed by atoms with E-state index < -0.39 is 0 Å². The minimum absolute atomic E-state index is 0.0714. The minimum Gasteiger partial charge on any atom is -0.485 e. The van der Waals surface area contributed by atoms with Crippen molar-refractivity contribution in [3.8, 4) is 5.75 Å². The van der Waals surface area contributed by atoms with Crippen LogP contribution in [0.2, 0.25) is 0 Å². The predicted molar refractivity (Wildman–Crippen MR) is 87.5 cm³/mol. The van der Waals surface area contributed by atoms with E-state index in [9.17, 15) is 9.59 Å². The average Bonchev–Trinajstić information content (AvgIpc) is 2.72. The van der Waals surface area contributed by atoms with Crippen LogP contribution in [0.25, 0.3) is 0 Å². The molecule has 3 rings (SSSR count). The number of nitrogens with zero attached hydrogens (tertiary/aromatic N) is 1. The van der Waals surface area contributed by atoms with Crippen molar-refractivity contribution < 1.29 is 14.3 Å². The number of hydrogen-bond donors (Lipinski definition) is 1. The van der Waals surface area contributed by atoms with Crippen molar-refractivity contribution in [2.24, 2.45) is 0 Å². The van der Waals surface area contributed by atoms with E-state index in [0.717, 1.165) is 25.7 Å². The molecule has 1 spiro atoms. The molecule has 1 heterocycles. The van der Waals surface area contributed by atoms with Gasteiger partial charge in [-0.2, -0.15) is 0 Å². The summed E-state index contributed by atoms with van der Waals surface area (Å²) in [6, 6.07) is 7.67. The van der Waals surface area contributed by atoms with Gasteiger partial charge in [-0.05, 0) is 37.8 Å². The number of amides is 2. The molecule has 1 N–H and O–H groups in total. The summed E-state index contributed by atoms with van der Waals surface area (Å²) < 4.78 is 6.28. The van der Waals surface area contributed by atoms with Crippen LogP contribution in [0.1, 0.15) is 49.4 Å². The summed E-state index contributed by atoms with van der Waals surface area (Å²) in [5.41, 5.74) is 0.249. The Labute approximate surface area is 137 Å². The summed E-state index contributed by atoms with van der Waals surface area (Å²) in [5.74, 6) is 0.781. The molecule has 1 saturated carbocycles. The molecule has 0 unspecified atom stereocenters. The van der Waals surface area contributed by atoms with Crippen molar-refractivity contribution in [1.82, 2.24) is 10.2 Å². The third-order valence-electron chi connectivity index (χ3n) is 5.14. The Morgan fingerprint density at radius 2 is 2.04 bits per heavy atom. The lowest BCUT2D eigenvalue weighted by Gasteiger charge is -2.42. The first-order valence-corrected chi connectivity index (χ1v) is 8.36. The second-order valence-electron chi connectivity index (χ2n) is 6.55. The molecule has 2 amide bonds. The van der Waals surface area contributed by atoms with E-state index in [1.54, 1.807) is 6.07 Å². The molecule has 1 fully saturated rings. The summed E-state index contributed by atoms with van der Waals surface area (Å²) in [5, 5.41) is 2.99. The molecule has 0 aromatic heterocycles. The maximum Gasteiger partial charge on any atom is 0.255 e. The molecule has 0 bridgehead atoms. The SMILES string of the molecule is CCC(=O)N(C)C1CCC2(CC1)CNC(=O)c1ccccc1O2. The molecule has 5 heteroatoms. The Morgan fingerprint density at radius 1 is 1.35 bits per heavy atom. The number of para-hydroxylation sites is 1. The van der Waals surface area contributed by atoms with Gasteiger partial charge in [0.15, 0.2) is 0 Å². The van der Waals surface area contributed by atoms with Crippen molar-refractivity contribution in [3.63, 3.8) is 0 Å². The number of fused-ring (bicyclic) bond motifs is 1. The van der Waals surface area contributed by atoms with Gasteiger partial charge in [-0.25, -0.2) is 0 Å². The fourth-order valence-electron chi connectivity index (χ4n) is 3.60. The Hall–Kier alpha value is -2.04. The van der Waals surface area contributed by atoms with Crippen LogP contribution in [-0.2, 0) is 4.79 Å². The second-order valence-corrected chi connectivity index (χ2v) is 6.55. The maximum absolute atomic E-state index is 12.2. The van der Waals surface area contributed by atoms with Gasteiger partial charge in [0, 0.05) is 19.5 Å². The molecule has 0 atom stereocenters. The Bertz CT molecular complexity index is 606. The van der Waals surface area contributed by atoms with Crippen molar-refractivity contribution in [3.05, 3.63) is 29.8 Å². The van der Waals surface area contributed by atoms with Gasteiger partial charge in [-0.3, -0.25) is 9.59 Å². The van der Waals surface area contributed by atoms with Crippen LogP contribution in [0.3, 0.4) is 0 Å². The van der Waals surface area contributed by atoms with Gasteiger partial charge < -0.3 is 15.0 Å². The summed E-state index contributed by atoms with van der Waals surface area (Å²) in [6.07, 6.45) is 4.03. The lowest BCUT2D eigenvalue weighted by Crippen LogP contribution is -2.51. The molecule has 2 aliphatic rings. The van der Waals surface area contributed by atoms with Crippen LogP contribution in [0.15, 0.2) is 24.3 Å². The van der Waals surface area contributed by atoms with Crippen LogP contribution in [0.4, 0.5) is 0 Å². The van der Waals surface area contributed by atoms with E-state index in [1.807, 2.05) is 37.1 Å². The second kappa shape index (κ2) is 6.22. The third kappa shape index (κ3) is 3.05. The molecule has 23 heavy (non-hydrogen) atoms. The van der Waals surface area contributed by atoms with E-state index in [1.165, 1.54) is 0 Å². The first kappa shape index (κ1) is 15.8. The summed E-state index contributed by atoms with van der Waals surface area (Å²) in [7, 11) is 1.89. The van der Waals surface area contributed by atoms with E-state index in [2.05, 4.69) is 5.32 Å².